The van der Waals surface area contributed by atoms with Gasteiger partial charge in [-0.3, -0.25) is 0 Å². The lowest BCUT2D eigenvalue weighted by Crippen LogP contribution is -2.38. The van der Waals surface area contributed by atoms with Gasteiger partial charge in [-0.2, -0.15) is 13.2 Å². The van der Waals surface area contributed by atoms with Crippen LogP contribution >= 0.6 is 0 Å². The second kappa shape index (κ2) is 3.41. The molecule has 1 heterocycles. The molecule has 0 unspecified atom stereocenters. The minimum Gasteiger partial charge on any atom is -0.480 e. The van der Waals surface area contributed by atoms with Crippen molar-refractivity contribution in [1.29, 1.82) is 0 Å². The van der Waals surface area contributed by atoms with Gasteiger partial charge in [0.15, 0.2) is 6.10 Å². The zero-order valence-electron chi connectivity index (χ0n) is 7.66. The standard InChI is InChI=1S/C10H9F3O2/c11-10(12,13)9-5-7(14)6-3-1-2-4-8(6)15-9/h1-4,7,9,14H,5H2/t7-,9-/m1/s1. The van der Waals surface area contributed by atoms with Gasteiger partial charge in [-0.15, -0.1) is 0 Å². The summed E-state index contributed by atoms with van der Waals surface area (Å²) in [6.45, 7) is 0. The van der Waals surface area contributed by atoms with Crippen LogP contribution in [-0.2, 0) is 0 Å². The van der Waals surface area contributed by atoms with E-state index < -0.39 is 24.8 Å². The van der Waals surface area contributed by atoms with Crippen molar-refractivity contribution < 1.29 is 23.0 Å². The summed E-state index contributed by atoms with van der Waals surface area (Å²) in [5.74, 6) is 0.110. The molecule has 0 amide bonds. The lowest BCUT2D eigenvalue weighted by Gasteiger charge is -2.30. The van der Waals surface area contributed by atoms with E-state index in [9.17, 15) is 18.3 Å². The van der Waals surface area contributed by atoms with E-state index >= 15 is 0 Å². The summed E-state index contributed by atoms with van der Waals surface area (Å²) in [5, 5.41) is 9.52. The smallest absolute Gasteiger partial charge is 0.425 e. The van der Waals surface area contributed by atoms with Crippen LogP contribution in [0.25, 0.3) is 0 Å². The number of benzene rings is 1. The van der Waals surface area contributed by atoms with Crippen molar-refractivity contribution >= 4 is 0 Å². The molecule has 2 nitrogen and oxygen atoms in total. The number of alkyl halides is 3. The molecule has 1 aliphatic rings. The van der Waals surface area contributed by atoms with Gasteiger partial charge in [-0.25, -0.2) is 0 Å². The highest BCUT2D eigenvalue weighted by molar-refractivity contribution is 5.37. The molecule has 0 saturated heterocycles. The number of hydrogen-bond acceptors (Lipinski definition) is 2. The monoisotopic (exact) mass is 218 g/mol. The Hall–Kier alpha value is -1.23. The van der Waals surface area contributed by atoms with E-state index in [2.05, 4.69) is 0 Å². The first-order valence-corrected chi connectivity index (χ1v) is 4.49. The third-order valence-corrected chi connectivity index (χ3v) is 2.35. The Morgan fingerprint density at radius 2 is 1.93 bits per heavy atom. The number of aliphatic hydroxyl groups excluding tert-OH is 1. The van der Waals surface area contributed by atoms with Crippen LogP contribution < -0.4 is 4.74 Å². The van der Waals surface area contributed by atoms with Gasteiger partial charge in [0.1, 0.15) is 5.75 Å². The molecule has 0 radical (unpaired) electrons. The third-order valence-electron chi connectivity index (χ3n) is 2.35. The fourth-order valence-electron chi connectivity index (χ4n) is 1.59. The maximum atomic E-state index is 12.4. The Labute approximate surface area is 84.3 Å². The number of aliphatic hydroxyl groups is 1. The minimum absolute atomic E-state index is 0.110. The van der Waals surface area contributed by atoms with Crippen LogP contribution in [0.3, 0.4) is 0 Å². The molecule has 0 aliphatic carbocycles. The van der Waals surface area contributed by atoms with E-state index in [0.717, 1.165) is 0 Å². The number of hydrogen-bond donors (Lipinski definition) is 1. The van der Waals surface area contributed by atoms with Crippen LogP contribution in [0.15, 0.2) is 24.3 Å². The van der Waals surface area contributed by atoms with Gasteiger partial charge >= 0.3 is 6.18 Å². The van der Waals surface area contributed by atoms with Gasteiger partial charge in [0, 0.05) is 12.0 Å². The van der Waals surface area contributed by atoms with Crippen molar-refractivity contribution in [3.63, 3.8) is 0 Å². The van der Waals surface area contributed by atoms with Crippen molar-refractivity contribution in [2.24, 2.45) is 0 Å². The topological polar surface area (TPSA) is 29.5 Å². The molecule has 0 saturated carbocycles. The summed E-state index contributed by atoms with van der Waals surface area (Å²) in [6, 6.07) is 6.21. The molecular formula is C10H9F3O2. The van der Waals surface area contributed by atoms with Gasteiger partial charge in [-0.05, 0) is 6.07 Å². The minimum atomic E-state index is -4.44. The van der Waals surface area contributed by atoms with Gasteiger partial charge in [0.2, 0.25) is 0 Å². The van der Waals surface area contributed by atoms with Gasteiger partial charge in [0.05, 0.1) is 6.10 Å². The molecule has 2 rings (SSSR count). The summed E-state index contributed by atoms with van der Waals surface area (Å²) < 4.78 is 41.9. The molecule has 0 aromatic heterocycles. The first kappa shape index (κ1) is 10.3. The number of ether oxygens (including phenoxy) is 1. The molecule has 5 heteroatoms. The Kier molecular flexibility index (Phi) is 2.34. The predicted octanol–water partition coefficient (Wildman–Crippen LogP) is 2.43. The molecule has 82 valence electrons. The van der Waals surface area contributed by atoms with E-state index in [0.29, 0.717) is 5.56 Å². The van der Waals surface area contributed by atoms with Crippen LogP contribution in [0.4, 0.5) is 13.2 Å². The van der Waals surface area contributed by atoms with Crippen molar-refractivity contribution in [1.82, 2.24) is 0 Å². The SMILES string of the molecule is O[C@@H]1C[C@H](C(F)(F)F)Oc2ccccc21. The number of rotatable bonds is 0. The fourth-order valence-corrected chi connectivity index (χ4v) is 1.59. The van der Waals surface area contributed by atoms with Crippen molar-refractivity contribution in [3.05, 3.63) is 29.8 Å². The van der Waals surface area contributed by atoms with E-state index in [1.807, 2.05) is 0 Å². The number of fused-ring (bicyclic) bond motifs is 1. The average molecular weight is 218 g/mol. The molecule has 1 N–H and O–H groups in total. The summed E-state index contributed by atoms with van der Waals surface area (Å²) in [4.78, 5) is 0. The molecule has 1 aliphatic heterocycles. The molecule has 0 spiro atoms. The lowest BCUT2D eigenvalue weighted by molar-refractivity contribution is -0.207. The molecule has 2 atom stereocenters. The van der Waals surface area contributed by atoms with Crippen molar-refractivity contribution in [2.45, 2.75) is 24.8 Å². The second-order valence-electron chi connectivity index (χ2n) is 3.44. The van der Waals surface area contributed by atoms with E-state index in [4.69, 9.17) is 4.74 Å². The second-order valence-corrected chi connectivity index (χ2v) is 3.44. The van der Waals surface area contributed by atoms with Gasteiger partial charge in [-0.1, -0.05) is 18.2 Å². The van der Waals surface area contributed by atoms with E-state index in [1.54, 1.807) is 18.2 Å². The van der Waals surface area contributed by atoms with Crippen LogP contribution in [-0.4, -0.2) is 17.4 Å². The molecule has 0 fully saturated rings. The lowest BCUT2D eigenvalue weighted by atomic mass is 9.99. The largest absolute Gasteiger partial charge is 0.480 e. The zero-order chi connectivity index (χ0) is 11.1. The quantitative estimate of drug-likeness (QED) is 0.724. The highest BCUT2D eigenvalue weighted by Gasteiger charge is 2.45. The van der Waals surface area contributed by atoms with Crippen LogP contribution in [0.5, 0.6) is 5.75 Å². The van der Waals surface area contributed by atoms with E-state index in [1.165, 1.54) is 6.07 Å². The summed E-state index contributed by atoms with van der Waals surface area (Å²) in [5.41, 5.74) is 0.415. The molecule has 0 bridgehead atoms. The first-order chi connectivity index (χ1) is 6.98. The molecule has 1 aromatic carbocycles. The Balaban J connectivity index is 2.30. The summed E-state index contributed by atoms with van der Waals surface area (Å²) in [6.07, 6.45) is -7.90. The van der Waals surface area contributed by atoms with Crippen LogP contribution in [0, 0.1) is 0 Å². The Morgan fingerprint density at radius 3 is 2.60 bits per heavy atom. The summed E-state index contributed by atoms with van der Waals surface area (Å²) in [7, 11) is 0. The Morgan fingerprint density at radius 1 is 1.27 bits per heavy atom. The zero-order valence-corrected chi connectivity index (χ0v) is 7.66. The highest BCUT2D eigenvalue weighted by atomic mass is 19.4. The maximum absolute atomic E-state index is 12.4. The van der Waals surface area contributed by atoms with Gasteiger partial charge < -0.3 is 9.84 Å². The normalized spacial score (nSPS) is 25.6. The molecule has 1 aromatic rings. The molecular weight excluding hydrogens is 209 g/mol. The highest BCUT2D eigenvalue weighted by Crippen LogP contribution is 2.39. The van der Waals surface area contributed by atoms with Gasteiger partial charge in [0.25, 0.3) is 0 Å². The van der Waals surface area contributed by atoms with Crippen LogP contribution in [0.1, 0.15) is 18.1 Å². The average Bonchev–Trinajstić information content (AvgIpc) is 2.16. The molecule has 15 heavy (non-hydrogen) atoms. The maximum Gasteiger partial charge on any atom is 0.425 e. The fraction of sp³-hybridized carbons (Fsp3) is 0.400. The first-order valence-electron chi connectivity index (χ1n) is 4.49. The Bertz CT molecular complexity index is 362. The predicted molar refractivity (Wildman–Crippen MR) is 46.5 cm³/mol. The van der Waals surface area contributed by atoms with Crippen molar-refractivity contribution in [2.75, 3.05) is 0 Å². The van der Waals surface area contributed by atoms with E-state index in [-0.39, 0.29) is 5.75 Å². The van der Waals surface area contributed by atoms with Crippen molar-refractivity contribution in [3.8, 4) is 5.75 Å². The summed E-state index contributed by atoms with van der Waals surface area (Å²) >= 11 is 0. The third kappa shape index (κ3) is 1.92. The number of halogens is 3. The number of para-hydroxylation sites is 1. The van der Waals surface area contributed by atoms with Crippen LogP contribution in [0.2, 0.25) is 0 Å².